The Labute approximate surface area is 125 Å². The summed E-state index contributed by atoms with van der Waals surface area (Å²) in [6.07, 6.45) is 2.85. The molecule has 1 amide bonds. The molecule has 5 heteroatoms. The van der Waals surface area contributed by atoms with Gasteiger partial charge in [-0.3, -0.25) is 4.79 Å². The summed E-state index contributed by atoms with van der Waals surface area (Å²) < 4.78 is 5.73. The summed E-state index contributed by atoms with van der Waals surface area (Å²) in [6, 6.07) is 8.83. The highest BCUT2D eigenvalue weighted by molar-refractivity contribution is 5.94. The van der Waals surface area contributed by atoms with Crippen LogP contribution in [0.5, 0.6) is 0 Å². The van der Waals surface area contributed by atoms with Crippen molar-refractivity contribution in [3.8, 4) is 6.07 Å². The zero-order chi connectivity index (χ0) is 15.1. The molecule has 1 saturated heterocycles. The number of piperidine rings is 1. The first kappa shape index (κ1) is 15.5. The quantitative estimate of drug-likeness (QED) is 0.833. The van der Waals surface area contributed by atoms with E-state index in [2.05, 4.69) is 6.07 Å². The van der Waals surface area contributed by atoms with Gasteiger partial charge >= 0.3 is 0 Å². The molecule has 1 fully saturated rings. The monoisotopic (exact) mass is 287 g/mol. The highest BCUT2D eigenvalue weighted by atomic mass is 16.5. The molecule has 2 N–H and O–H groups in total. The Morgan fingerprint density at radius 2 is 2.00 bits per heavy atom. The van der Waals surface area contributed by atoms with Crippen LogP contribution in [0.3, 0.4) is 0 Å². The van der Waals surface area contributed by atoms with Crippen molar-refractivity contribution in [3.63, 3.8) is 0 Å². The second kappa shape index (κ2) is 7.77. The highest BCUT2D eigenvalue weighted by Crippen LogP contribution is 2.17. The Balaban J connectivity index is 1.83. The Bertz CT molecular complexity index is 499. The standard InChI is InChI=1S/C16H21N3O2/c17-8-1-11-21-15-6-9-19(10-7-15)16(20)14-4-2-13(12-18)3-5-14/h2-5,15H,1,6-11,17H2. The number of nitriles is 1. The first-order chi connectivity index (χ1) is 10.2. The molecule has 2 rings (SSSR count). The molecule has 0 aromatic heterocycles. The predicted octanol–water partition coefficient (Wildman–Crippen LogP) is 1.53. The van der Waals surface area contributed by atoms with Gasteiger partial charge in [-0.1, -0.05) is 0 Å². The zero-order valence-corrected chi connectivity index (χ0v) is 12.1. The van der Waals surface area contributed by atoms with Crippen LogP contribution in [0.25, 0.3) is 0 Å². The van der Waals surface area contributed by atoms with Crippen molar-refractivity contribution in [2.24, 2.45) is 5.73 Å². The van der Waals surface area contributed by atoms with Crippen LogP contribution in [0.2, 0.25) is 0 Å². The number of rotatable bonds is 5. The van der Waals surface area contributed by atoms with E-state index in [-0.39, 0.29) is 12.0 Å². The Morgan fingerprint density at radius 1 is 1.33 bits per heavy atom. The van der Waals surface area contributed by atoms with Crippen molar-refractivity contribution in [3.05, 3.63) is 35.4 Å². The molecule has 0 atom stereocenters. The molecular weight excluding hydrogens is 266 g/mol. The normalized spacial score (nSPS) is 15.7. The van der Waals surface area contributed by atoms with Crippen molar-refractivity contribution < 1.29 is 9.53 Å². The molecule has 1 heterocycles. The van der Waals surface area contributed by atoms with Gasteiger partial charge in [0.25, 0.3) is 5.91 Å². The summed E-state index contributed by atoms with van der Waals surface area (Å²) in [5.41, 5.74) is 6.64. The van der Waals surface area contributed by atoms with Crippen LogP contribution in [-0.2, 0) is 4.74 Å². The molecule has 0 aliphatic carbocycles. The molecule has 1 aliphatic rings. The van der Waals surface area contributed by atoms with Crippen LogP contribution in [0, 0.1) is 11.3 Å². The number of hydrogen-bond acceptors (Lipinski definition) is 4. The third-order valence-electron chi connectivity index (χ3n) is 3.69. The van der Waals surface area contributed by atoms with Gasteiger partial charge in [-0.25, -0.2) is 0 Å². The average Bonchev–Trinajstić information content (AvgIpc) is 2.55. The smallest absolute Gasteiger partial charge is 0.253 e. The van der Waals surface area contributed by atoms with Crippen LogP contribution < -0.4 is 5.73 Å². The summed E-state index contributed by atoms with van der Waals surface area (Å²) >= 11 is 0. The van der Waals surface area contributed by atoms with Gasteiger partial charge < -0.3 is 15.4 Å². The molecule has 0 spiro atoms. The maximum atomic E-state index is 12.4. The van der Waals surface area contributed by atoms with Crippen LogP contribution in [-0.4, -0.2) is 43.2 Å². The van der Waals surface area contributed by atoms with Gasteiger partial charge in [0.2, 0.25) is 0 Å². The van der Waals surface area contributed by atoms with Gasteiger partial charge in [-0.15, -0.1) is 0 Å². The summed E-state index contributed by atoms with van der Waals surface area (Å²) in [5.74, 6) is 0.0277. The van der Waals surface area contributed by atoms with E-state index >= 15 is 0 Å². The fraction of sp³-hybridized carbons (Fsp3) is 0.500. The van der Waals surface area contributed by atoms with Gasteiger partial charge in [0.1, 0.15) is 0 Å². The lowest BCUT2D eigenvalue weighted by Crippen LogP contribution is -2.41. The maximum absolute atomic E-state index is 12.4. The third-order valence-corrected chi connectivity index (χ3v) is 3.69. The lowest BCUT2D eigenvalue weighted by Gasteiger charge is -2.32. The number of hydrogen-bond donors (Lipinski definition) is 1. The van der Waals surface area contributed by atoms with Crippen LogP contribution in [0.1, 0.15) is 35.2 Å². The van der Waals surface area contributed by atoms with Crippen LogP contribution in [0.4, 0.5) is 0 Å². The second-order valence-electron chi connectivity index (χ2n) is 5.19. The van der Waals surface area contributed by atoms with Crippen LogP contribution >= 0.6 is 0 Å². The minimum absolute atomic E-state index is 0.0277. The number of carbonyl (C=O) groups is 1. The summed E-state index contributed by atoms with van der Waals surface area (Å²) in [7, 11) is 0. The molecule has 1 aromatic carbocycles. The molecule has 0 unspecified atom stereocenters. The Hall–Kier alpha value is -1.90. The molecular formula is C16H21N3O2. The Kier molecular flexibility index (Phi) is 5.73. The zero-order valence-electron chi connectivity index (χ0n) is 12.1. The van der Waals surface area contributed by atoms with E-state index in [0.29, 0.717) is 37.4 Å². The minimum Gasteiger partial charge on any atom is -0.378 e. The third kappa shape index (κ3) is 4.28. The second-order valence-corrected chi connectivity index (χ2v) is 5.19. The number of likely N-dealkylation sites (tertiary alicyclic amines) is 1. The van der Waals surface area contributed by atoms with E-state index in [1.54, 1.807) is 24.3 Å². The fourth-order valence-corrected chi connectivity index (χ4v) is 2.43. The highest BCUT2D eigenvalue weighted by Gasteiger charge is 2.23. The van der Waals surface area contributed by atoms with E-state index in [1.807, 2.05) is 4.90 Å². The molecule has 112 valence electrons. The van der Waals surface area contributed by atoms with E-state index in [9.17, 15) is 4.79 Å². The van der Waals surface area contributed by atoms with Gasteiger partial charge in [0, 0.05) is 25.3 Å². The first-order valence-electron chi connectivity index (χ1n) is 7.35. The molecule has 0 bridgehead atoms. The van der Waals surface area contributed by atoms with Gasteiger partial charge in [-0.05, 0) is 50.1 Å². The number of carbonyl (C=O) groups excluding carboxylic acids is 1. The number of nitrogens with two attached hydrogens (primary N) is 1. The van der Waals surface area contributed by atoms with E-state index < -0.39 is 0 Å². The van der Waals surface area contributed by atoms with Gasteiger partial charge in [0.15, 0.2) is 0 Å². The van der Waals surface area contributed by atoms with Crippen molar-refractivity contribution in [1.29, 1.82) is 5.26 Å². The number of benzene rings is 1. The van der Waals surface area contributed by atoms with Gasteiger partial charge in [0.05, 0.1) is 17.7 Å². The molecule has 21 heavy (non-hydrogen) atoms. The fourth-order valence-electron chi connectivity index (χ4n) is 2.43. The average molecular weight is 287 g/mol. The van der Waals surface area contributed by atoms with Gasteiger partial charge in [-0.2, -0.15) is 5.26 Å². The Morgan fingerprint density at radius 3 is 2.57 bits per heavy atom. The molecule has 1 aliphatic heterocycles. The topological polar surface area (TPSA) is 79.3 Å². The molecule has 0 radical (unpaired) electrons. The minimum atomic E-state index is 0.0277. The SMILES string of the molecule is N#Cc1ccc(C(=O)N2CCC(OCCCN)CC2)cc1. The van der Waals surface area contributed by atoms with Crippen molar-refractivity contribution in [2.45, 2.75) is 25.4 Å². The number of nitrogens with zero attached hydrogens (tertiary/aromatic N) is 2. The van der Waals surface area contributed by atoms with E-state index in [4.69, 9.17) is 15.7 Å². The van der Waals surface area contributed by atoms with Crippen molar-refractivity contribution >= 4 is 5.91 Å². The predicted molar refractivity (Wildman–Crippen MR) is 79.7 cm³/mol. The maximum Gasteiger partial charge on any atom is 0.253 e. The molecule has 0 saturated carbocycles. The molecule has 1 aromatic rings. The summed E-state index contributed by atoms with van der Waals surface area (Å²) in [6.45, 7) is 2.78. The van der Waals surface area contributed by atoms with Crippen LogP contribution in [0.15, 0.2) is 24.3 Å². The largest absolute Gasteiger partial charge is 0.378 e. The number of ether oxygens (including phenoxy) is 1. The molecule has 5 nitrogen and oxygen atoms in total. The lowest BCUT2D eigenvalue weighted by atomic mass is 10.1. The van der Waals surface area contributed by atoms with Crippen molar-refractivity contribution in [1.82, 2.24) is 4.90 Å². The van der Waals surface area contributed by atoms with E-state index in [1.165, 1.54) is 0 Å². The lowest BCUT2D eigenvalue weighted by molar-refractivity contribution is 0.00845. The van der Waals surface area contributed by atoms with Crippen molar-refractivity contribution in [2.75, 3.05) is 26.2 Å². The number of amides is 1. The van der Waals surface area contributed by atoms with E-state index in [0.717, 1.165) is 19.3 Å². The summed E-state index contributed by atoms with van der Waals surface area (Å²) in [4.78, 5) is 14.2. The summed E-state index contributed by atoms with van der Waals surface area (Å²) in [5, 5.41) is 8.77. The first-order valence-corrected chi connectivity index (χ1v) is 7.35.